The largest absolute Gasteiger partial charge is 0.356 e. The first-order valence-corrected chi connectivity index (χ1v) is 9.04. The SMILES string of the molecule is CNC(=O)c1cccc(C[C@H](N)c2ccccc2-c2noc3ccccc23)n1.Cl. The van der Waals surface area contributed by atoms with Crippen LogP contribution in [-0.4, -0.2) is 23.1 Å². The molecule has 29 heavy (non-hydrogen) atoms. The zero-order valence-corrected chi connectivity index (χ0v) is 16.6. The Balaban J connectivity index is 0.00000240. The van der Waals surface area contributed by atoms with Gasteiger partial charge in [-0.1, -0.05) is 47.6 Å². The van der Waals surface area contributed by atoms with Crippen LogP contribution in [0.4, 0.5) is 0 Å². The van der Waals surface area contributed by atoms with Crippen molar-refractivity contribution in [2.75, 3.05) is 7.05 Å². The van der Waals surface area contributed by atoms with Crippen LogP contribution < -0.4 is 11.1 Å². The molecular weight excluding hydrogens is 388 g/mol. The van der Waals surface area contributed by atoms with Crippen LogP contribution in [0.3, 0.4) is 0 Å². The van der Waals surface area contributed by atoms with Crippen LogP contribution in [-0.2, 0) is 6.42 Å². The summed E-state index contributed by atoms with van der Waals surface area (Å²) in [4.78, 5) is 16.3. The van der Waals surface area contributed by atoms with Crippen molar-refractivity contribution in [2.24, 2.45) is 5.73 Å². The molecule has 2 aromatic heterocycles. The van der Waals surface area contributed by atoms with E-state index in [1.54, 1.807) is 13.1 Å². The van der Waals surface area contributed by atoms with Gasteiger partial charge in [-0.3, -0.25) is 4.79 Å². The second-order valence-electron chi connectivity index (χ2n) is 6.52. The number of rotatable bonds is 5. The van der Waals surface area contributed by atoms with Gasteiger partial charge in [0.1, 0.15) is 11.4 Å². The Morgan fingerprint density at radius 2 is 1.83 bits per heavy atom. The first-order chi connectivity index (χ1) is 13.7. The van der Waals surface area contributed by atoms with Gasteiger partial charge in [0, 0.05) is 36.2 Å². The molecule has 1 amide bonds. The molecule has 2 heterocycles. The summed E-state index contributed by atoms with van der Waals surface area (Å²) in [7, 11) is 1.58. The fourth-order valence-electron chi connectivity index (χ4n) is 3.30. The molecule has 3 N–H and O–H groups in total. The van der Waals surface area contributed by atoms with E-state index in [1.807, 2.05) is 60.7 Å². The highest BCUT2D eigenvalue weighted by Crippen LogP contribution is 2.33. The third kappa shape index (κ3) is 4.13. The van der Waals surface area contributed by atoms with Crippen LogP contribution in [0.25, 0.3) is 22.2 Å². The summed E-state index contributed by atoms with van der Waals surface area (Å²) >= 11 is 0. The van der Waals surface area contributed by atoms with Crippen molar-refractivity contribution >= 4 is 29.3 Å². The standard InChI is InChI=1S/C22H20N4O2.ClH/c1-24-22(27)19-11-6-7-14(25-19)13-18(23)15-8-2-3-9-16(15)21-17-10-4-5-12-20(17)28-26-21;/h2-12,18H,13,23H2,1H3,(H,24,27);1H/t18-;/m0./s1. The fraction of sp³-hybridized carbons (Fsp3) is 0.136. The zero-order valence-electron chi connectivity index (χ0n) is 15.8. The highest BCUT2D eigenvalue weighted by atomic mass is 35.5. The first-order valence-electron chi connectivity index (χ1n) is 9.04. The van der Waals surface area contributed by atoms with E-state index in [0.717, 1.165) is 33.5 Å². The van der Waals surface area contributed by atoms with E-state index < -0.39 is 0 Å². The van der Waals surface area contributed by atoms with Gasteiger partial charge in [-0.05, 0) is 29.8 Å². The minimum atomic E-state index is -0.306. The Morgan fingerprint density at radius 3 is 2.66 bits per heavy atom. The van der Waals surface area contributed by atoms with Crippen molar-refractivity contribution in [3.05, 3.63) is 83.7 Å². The first kappa shape index (κ1) is 20.5. The maximum atomic E-state index is 11.8. The Kier molecular flexibility index (Phi) is 6.26. The number of carbonyl (C=O) groups excluding carboxylic acids is 1. The molecule has 0 unspecified atom stereocenters. The Bertz CT molecular complexity index is 1140. The Morgan fingerprint density at radius 1 is 1.07 bits per heavy atom. The van der Waals surface area contributed by atoms with Gasteiger partial charge in [-0.25, -0.2) is 4.98 Å². The molecule has 4 rings (SSSR count). The highest BCUT2D eigenvalue weighted by Gasteiger charge is 2.18. The summed E-state index contributed by atoms with van der Waals surface area (Å²) in [6.45, 7) is 0. The number of aromatic nitrogens is 2. The van der Waals surface area contributed by atoms with Crippen LogP contribution in [0.1, 0.15) is 27.8 Å². The molecule has 4 aromatic rings. The zero-order chi connectivity index (χ0) is 19.5. The number of halogens is 1. The van der Waals surface area contributed by atoms with Gasteiger partial charge in [0.15, 0.2) is 5.58 Å². The van der Waals surface area contributed by atoms with Gasteiger partial charge in [0.05, 0.1) is 0 Å². The number of pyridine rings is 1. The number of hydrogen-bond acceptors (Lipinski definition) is 5. The van der Waals surface area contributed by atoms with Crippen molar-refractivity contribution in [1.82, 2.24) is 15.5 Å². The predicted octanol–water partition coefficient (Wildman–Crippen LogP) is 3.91. The number of benzene rings is 2. The lowest BCUT2D eigenvalue weighted by Crippen LogP contribution is -2.20. The van der Waals surface area contributed by atoms with Gasteiger partial charge in [0.2, 0.25) is 0 Å². The van der Waals surface area contributed by atoms with E-state index in [-0.39, 0.29) is 24.4 Å². The molecule has 0 bridgehead atoms. The molecular formula is C22H21ClN4O2. The van der Waals surface area contributed by atoms with Gasteiger partial charge in [-0.2, -0.15) is 0 Å². The number of amides is 1. The Labute approximate surface area is 174 Å². The smallest absolute Gasteiger partial charge is 0.269 e. The quantitative estimate of drug-likeness (QED) is 0.522. The lowest BCUT2D eigenvalue weighted by atomic mass is 9.94. The molecule has 0 radical (unpaired) electrons. The average molecular weight is 409 g/mol. The predicted molar refractivity (Wildman–Crippen MR) is 115 cm³/mol. The number of carbonyl (C=O) groups is 1. The second kappa shape index (κ2) is 8.86. The van der Waals surface area contributed by atoms with Crippen molar-refractivity contribution in [1.29, 1.82) is 0 Å². The maximum absolute atomic E-state index is 11.8. The molecule has 0 aliphatic heterocycles. The van der Waals surface area contributed by atoms with Gasteiger partial charge in [-0.15, -0.1) is 12.4 Å². The van der Waals surface area contributed by atoms with E-state index in [9.17, 15) is 4.79 Å². The van der Waals surface area contributed by atoms with E-state index in [1.165, 1.54) is 0 Å². The van der Waals surface area contributed by atoms with Gasteiger partial charge >= 0.3 is 0 Å². The lowest BCUT2D eigenvalue weighted by molar-refractivity contribution is 0.0958. The van der Waals surface area contributed by atoms with E-state index in [4.69, 9.17) is 10.3 Å². The van der Waals surface area contributed by atoms with Crippen LogP contribution in [0.2, 0.25) is 0 Å². The summed E-state index contributed by atoms with van der Waals surface area (Å²) in [5.41, 5.74) is 11.1. The number of hydrogen-bond donors (Lipinski definition) is 2. The van der Waals surface area contributed by atoms with Gasteiger partial charge < -0.3 is 15.6 Å². The minimum absolute atomic E-state index is 0. The normalized spacial score (nSPS) is 11.7. The number of nitrogens with zero attached hydrogens (tertiary/aromatic N) is 2. The molecule has 1 atom stereocenters. The number of para-hydroxylation sites is 1. The lowest BCUT2D eigenvalue weighted by Gasteiger charge is -2.15. The molecule has 0 aliphatic carbocycles. The molecule has 7 heteroatoms. The van der Waals surface area contributed by atoms with Crippen LogP contribution >= 0.6 is 12.4 Å². The second-order valence-corrected chi connectivity index (χ2v) is 6.52. The summed E-state index contributed by atoms with van der Waals surface area (Å²) in [5.74, 6) is -0.218. The van der Waals surface area contributed by atoms with Crippen molar-refractivity contribution < 1.29 is 9.32 Å². The van der Waals surface area contributed by atoms with Crippen LogP contribution in [0, 0.1) is 0 Å². The summed E-state index contributed by atoms with van der Waals surface area (Å²) in [6.07, 6.45) is 0.498. The molecule has 0 saturated carbocycles. The van der Waals surface area contributed by atoms with E-state index in [0.29, 0.717) is 12.1 Å². The number of fused-ring (bicyclic) bond motifs is 1. The minimum Gasteiger partial charge on any atom is -0.356 e. The van der Waals surface area contributed by atoms with E-state index in [2.05, 4.69) is 15.5 Å². The fourth-order valence-corrected chi connectivity index (χ4v) is 3.30. The third-order valence-corrected chi connectivity index (χ3v) is 4.69. The molecule has 2 aromatic carbocycles. The monoisotopic (exact) mass is 408 g/mol. The number of nitrogens with two attached hydrogens (primary N) is 1. The Hall–Kier alpha value is -3.22. The van der Waals surface area contributed by atoms with Crippen LogP contribution in [0.15, 0.2) is 71.3 Å². The highest BCUT2D eigenvalue weighted by molar-refractivity contribution is 5.92. The van der Waals surface area contributed by atoms with Crippen molar-refractivity contribution in [2.45, 2.75) is 12.5 Å². The molecule has 0 fully saturated rings. The molecule has 0 aliphatic rings. The van der Waals surface area contributed by atoms with Crippen molar-refractivity contribution in [3.8, 4) is 11.3 Å². The van der Waals surface area contributed by atoms with E-state index >= 15 is 0 Å². The summed E-state index contributed by atoms with van der Waals surface area (Å²) in [5, 5.41) is 7.80. The van der Waals surface area contributed by atoms with Crippen LogP contribution in [0.5, 0.6) is 0 Å². The summed E-state index contributed by atoms with van der Waals surface area (Å²) < 4.78 is 5.46. The van der Waals surface area contributed by atoms with Crippen molar-refractivity contribution in [3.63, 3.8) is 0 Å². The molecule has 148 valence electrons. The molecule has 6 nitrogen and oxygen atoms in total. The molecule has 0 saturated heterocycles. The molecule has 0 spiro atoms. The average Bonchev–Trinajstić information content (AvgIpc) is 3.17. The topological polar surface area (TPSA) is 94.0 Å². The number of nitrogens with one attached hydrogen (secondary N) is 1. The summed E-state index contributed by atoms with van der Waals surface area (Å²) in [6, 6.07) is 20.7. The van der Waals surface area contributed by atoms with Gasteiger partial charge in [0.25, 0.3) is 5.91 Å². The third-order valence-electron chi connectivity index (χ3n) is 4.69. The maximum Gasteiger partial charge on any atom is 0.269 e.